The quantitative estimate of drug-likeness (QED) is 0.903. The van der Waals surface area contributed by atoms with Gasteiger partial charge in [-0.25, -0.2) is 0 Å². The lowest BCUT2D eigenvalue weighted by Gasteiger charge is -2.15. The van der Waals surface area contributed by atoms with Crippen molar-refractivity contribution >= 4 is 16.7 Å². The molecule has 21 heavy (non-hydrogen) atoms. The molecule has 1 amide bonds. The smallest absolute Gasteiger partial charge is 0.225 e. The second-order valence-corrected chi connectivity index (χ2v) is 5.43. The highest BCUT2D eigenvalue weighted by molar-refractivity contribution is 5.83. The third-order valence-corrected chi connectivity index (χ3v) is 3.93. The van der Waals surface area contributed by atoms with Gasteiger partial charge >= 0.3 is 0 Å². The van der Waals surface area contributed by atoms with Crippen molar-refractivity contribution in [2.45, 2.75) is 12.5 Å². The first-order valence-electron chi connectivity index (χ1n) is 7.26. The standard InChI is InChI=1S/C17H19NO3/c19-16(10-18-17(20)15-7-8-21-11-15)14-6-5-12-3-1-2-4-13(12)9-14/h1-6,9,15-16,19H,7-8,10-11H2,(H,18,20)/t15-,16-/m1/s1. The first kappa shape index (κ1) is 14.0. The summed E-state index contributed by atoms with van der Waals surface area (Å²) in [5, 5.41) is 15.3. The Labute approximate surface area is 123 Å². The lowest BCUT2D eigenvalue weighted by molar-refractivity contribution is -0.125. The van der Waals surface area contributed by atoms with Gasteiger partial charge < -0.3 is 15.2 Å². The van der Waals surface area contributed by atoms with Crippen LogP contribution in [0, 0.1) is 5.92 Å². The van der Waals surface area contributed by atoms with Crippen LogP contribution in [0.4, 0.5) is 0 Å². The molecule has 1 aliphatic heterocycles. The van der Waals surface area contributed by atoms with E-state index in [9.17, 15) is 9.90 Å². The van der Waals surface area contributed by atoms with Gasteiger partial charge in [-0.3, -0.25) is 4.79 Å². The largest absolute Gasteiger partial charge is 0.387 e. The first-order chi connectivity index (χ1) is 10.2. The molecule has 2 aromatic carbocycles. The molecule has 1 heterocycles. The maximum atomic E-state index is 11.9. The number of rotatable bonds is 4. The van der Waals surface area contributed by atoms with E-state index in [1.54, 1.807) is 0 Å². The summed E-state index contributed by atoms with van der Waals surface area (Å²) in [6.45, 7) is 1.36. The van der Waals surface area contributed by atoms with Gasteiger partial charge in [-0.1, -0.05) is 36.4 Å². The topological polar surface area (TPSA) is 58.6 Å². The molecule has 1 fully saturated rings. The highest BCUT2D eigenvalue weighted by atomic mass is 16.5. The number of nitrogens with one attached hydrogen (secondary N) is 1. The molecule has 2 N–H and O–H groups in total. The molecule has 0 radical (unpaired) electrons. The molecular formula is C17H19NO3. The van der Waals surface area contributed by atoms with E-state index in [0.29, 0.717) is 13.2 Å². The lowest BCUT2D eigenvalue weighted by atomic mass is 10.0. The van der Waals surface area contributed by atoms with Crippen LogP contribution in [0.1, 0.15) is 18.1 Å². The van der Waals surface area contributed by atoms with E-state index in [1.165, 1.54) is 0 Å². The maximum absolute atomic E-state index is 11.9. The number of amides is 1. The molecule has 2 atom stereocenters. The number of hydrogen-bond donors (Lipinski definition) is 2. The van der Waals surface area contributed by atoms with Crippen molar-refractivity contribution in [3.05, 3.63) is 48.0 Å². The number of ether oxygens (including phenoxy) is 1. The minimum atomic E-state index is -0.694. The van der Waals surface area contributed by atoms with Crippen LogP contribution in [0.2, 0.25) is 0 Å². The number of carbonyl (C=O) groups is 1. The Bertz CT molecular complexity index is 635. The molecule has 0 bridgehead atoms. The zero-order chi connectivity index (χ0) is 14.7. The second-order valence-electron chi connectivity index (χ2n) is 5.43. The average Bonchev–Trinajstić information content (AvgIpc) is 3.06. The van der Waals surface area contributed by atoms with Crippen molar-refractivity contribution in [1.82, 2.24) is 5.32 Å². The first-order valence-corrected chi connectivity index (χ1v) is 7.26. The van der Waals surface area contributed by atoms with Gasteiger partial charge in [0.2, 0.25) is 5.91 Å². The summed E-state index contributed by atoms with van der Waals surface area (Å²) in [5.74, 6) is -0.110. The van der Waals surface area contributed by atoms with Gasteiger partial charge in [0.1, 0.15) is 0 Å². The van der Waals surface area contributed by atoms with E-state index in [0.717, 1.165) is 22.8 Å². The fourth-order valence-corrected chi connectivity index (χ4v) is 2.62. The Morgan fingerprint density at radius 3 is 2.86 bits per heavy atom. The highest BCUT2D eigenvalue weighted by Gasteiger charge is 2.23. The number of aliphatic hydroxyl groups is 1. The van der Waals surface area contributed by atoms with Gasteiger partial charge in [-0.2, -0.15) is 0 Å². The van der Waals surface area contributed by atoms with Crippen molar-refractivity contribution in [3.8, 4) is 0 Å². The van der Waals surface area contributed by atoms with E-state index in [2.05, 4.69) is 5.32 Å². The van der Waals surface area contributed by atoms with Crippen LogP contribution in [0.15, 0.2) is 42.5 Å². The molecule has 0 aromatic heterocycles. The Kier molecular flexibility index (Phi) is 4.18. The van der Waals surface area contributed by atoms with Gasteiger partial charge in [0, 0.05) is 13.2 Å². The van der Waals surface area contributed by atoms with Gasteiger partial charge in [0.15, 0.2) is 0 Å². The van der Waals surface area contributed by atoms with E-state index >= 15 is 0 Å². The number of aliphatic hydroxyl groups excluding tert-OH is 1. The summed E-state index contributed by atoms with van der Waals surface area (Å²) in [6, 6.07) is 13.9. The summed E-state index contributed by atoms with van der Waals surface area (Å²) in [6.07, 6.45) is 0.0682. The highest BCUT2D eigenvalue weighted by Crippen LogP contribution is 2.20. The fourth-order valence-electron chi connectivity index (χ4n) is 2.62. The van der Waals surface area contributed by atoms with Crippen LogP contribution in [0.3, 0.4) is 0 Å². The zero-order valence-corrected chi connectivity index (χ0v) is 11.8. The van der Waals surface area contributed by atoms with Gasteiger partial charge in [-0.05, 0) is 28.8 Å². The summed E-state index contributed by atoms with van der Waals surface area (Å²) in [7, 11) is 0. The van der Waals surface area contributed by atoms with Gasteiger partial charge in [0.05, 0.1) is 18.6 Å². The van der Waals surface area contributed by atoms with Crippen LogP contribution in [-0.2, 0) is 9.53 Å². The Morgan fingerprint density at radius 2 is 2.10 bits per heavy atom. The number of carbonyl (C=O) groups excluding carboxylic acids is 1. The van der Waals surface area contributed by atoms with Crippen LogP contribution in [0.25, 0.3) is 10.8 Å². The minimum Gasteiger partial charge on any atom is -0.387 e. The molecule has 1 aliphatic rings. The molecule has 1 saturated heterocycles. The van der Waals surface area contributed by atoms with Gasteiger partial charge in [0.25, 0.3) is 0 Å². The third kappa shape index (κ3) is 3.23. The summed E-state index contributed by atoms with van der Waals surface area (Å²) < 4.78 is 5.19. The number of hydrogen-bond acceptors (Lipinski definition) is 3. The van der Waals surface area contributed by atoms with Crippen molar-refractivity contribution in [2.24, 2.45) is 5.92 Å². The maximum Gasteiger partial charge on any atom is 0.225 e. The van der Waals surface area contributed by atoms with Crippen molar-refractivity contribution in [1.29, 1.82) is 0 Å². The van der Waals surface area contributed by atoms with Crippen LogP contribution >= 0.6 is 0 Å². The second kappa shape index (κ2) is 6.24. The molecule has 110 valence electrons. The Hall–Kier alpha value is -1.91. The summed E-state index contributed by atoms with van der Waals surface area (Å²) in [4.78, 5) is 11.9. The molecule has 2 aromatic rings. The molecule has 0 saturated carbocycles. The van der Waals surface area contributed by atoms with Crippen molar-refractivity contribution in [3.63, 3.8) is 0 Å². The molecule has 4 heteroatoms. The predicted octanol–water partition coefficient (Wildman–Crippen LogP) is 2.03. The van der Waals surface area contributed by atoms with E-state index in [4.69, 9.17) is 4.74 Å². The molecule has 0 aliphatic carbocycles. The van der Waals surface area contributed by atoms with Gasteiger partial charge in [-0.15, -0.1) is 0 Å². The Morgan fingerprint density at radius 1 is 1.29 bits per heavy atom. The predicted molar refractivity (Wildman–Crippen MR) is 80.8 cm³/mol. The van der Waals surface area contributed by atoms with Crippen LogP contribution < -0.4 is 5.32 Å². The molecule has 3 rings (SSSR count). The molecular weight excluding hydrogens is 266 g/mol. The lowest BCUT2D eigenvalue weighted by Crippen LogP contribution is -2.34. The fraction of sp³-hybridized carbons (Fsp3) is 0.353. The van der Waals surface area contributed by atoms with E-state index < -0.39 is 6.10 Å². The van der Waals surface area contributed by atoms with E-state index in [1.807, 2.05) is 42.5 Å². The third-order valence-electron chi connectivity index (χ3n) is 3.93. The minimum absolute atomic E-state index is 0.0349. The Balaban J connectivity index is 1.63. The molecule has 0 spiro atoms. The monoisotopic (exact) mass is 285 g/mol. The number of fused-ring (bicyclic) bond motifs is 1. The number of benzene rings is 2. The zero-order valence-electron chi connectivity index (χ0n) is 11.8. The van der Waals surface area contributed by atoms with Crippen LogP contribution in [-0.4, -0.2) is 30.8 Å². The summed E-state index contributed by atoms with van der Waals surface area (Å²) in [5.41, 5.74) is 0.816. The molecule has 0 unspecified atom stereocenters. The van der Waals surface area contributed by atoms with Crippen LogP contribution in [0.5, 0.6) is 0 Å². The average molecular weight is 285 g/mol. The van der Waals surface area contributed by atoms with E-state index in [-0.39, 0.29) is 18.4 Å². The molecule has 4 nitrogen and oxygen atoms in total. The summed E-state index contributed by atoms with van der Waals surface area (Å²) >= 11 is 0. The SMILES string of the molecule is O=C(NC[C@@H](O)c1ccc2ccccc2c1)[C@@H]1CCOC1. The van der Waals surface area contributed by atoms with Crippen molar-refractivity contribution in [2.75, 3.05) is 19.8 Å². The van der Waals surface area contributed by atoms with Crippen molar-refractivity contribution < 1.29 is 14.6 Å². The normalized spacial score (nSPS) is 19.6.